The molecule has 0 spiro atoms. The molecule has 0 radical (unpaired) electrons. The van der Waals surface area contributed by atoms with E-state index in [2.05, 4.69) is 12.2 Å². The Labute approximate surface area is 201 Å². The van der Waals surface area contributed by atoms with E-state index >= 15 is 0 Å². The number of unbranched alkanes of at least 4 members (excludes halogenated alkanes) is 11. The Morgan fingerprint density at radius 2 is 1.42 bits per heavy atom. The topological polar surface area (TPSA) is 42.2 Å². The van der Waals surface area contributed by atoms with Gasteiger partial charge >= 0.3 is 0 Å². The fourth-order valence-electron chi connectivity index (χ4n) is 4.02. The summed E-state index contributed by atoms with van der Waals surface area (Å²) in [6.07, 6.45) is 18.6. The van der Waals surface area contributed by atoms with Crippen molar-refractivity contribution in [3.63, 3.8) is 0 Å². The lowest BCUT2D eigenvalue weighted by Gasteiger charge is -2.08. The van der Waals surface area contributed by atoms with E-state index in [1.54, 1.807) is 0 Å². The zero-order valence-electron chi connectivity index (χ0n) is 21.0. The highest BCUT2D eigenvalue weighted by Gasteiger charge is 2.08. The fourth-order valence-corrected chi connectivity index (χ4v) is 4.02. The molecule has 0 bridgehead atoms. The minimum atomic E-state index is 0.0315. The molecule has 0 unspecified atom stereocenters. The van der Waals surface area contributed by atoms with Gasteiger partial charge in [0.2, 0.25) is 5.91 Å². The summed E-state index contributed by atoms with van der Waals surface area (Å²) in [6.45, 7) is 3.58. The molecule has 1 aromatic heterocycles. The Morgan fingerprint density at radius 1 is 0.818 bits per heavy atom. The predicted octanol–water partition coefficient (Wildman–Crippen LogP) is 6.45. The Bertz CT molecular complexity index is 773. The third kappa shape index (κ3) is 12.5. The number of pyridine rings is 1. The number of carbonyl (C=O) groups is 1. The van der Waals surface area contributed by atoms with Crippen molar-refractivity contribution >= 4 is 5.91 Å². The number of carbonyl (C=O) groups excluding carboxylic acids is 1. The highest BCUT2D eigenvalue weighted by molar-refractivity contribution is 5.78. The molecule has 2 rings (SSSR count). The normalized spacial score (nSPS) is 10.8. The molecular formula is C29H45N2O2+. The zero-order chi connectivity index (χ0) is 23.6. The first kappa shape index (κ1) is 26.9. The van der Waals surface area contributed by atoms with Crippen LogP contribution in [0, 0.1) is 0 Å². The minimum Gasteiger partial charge on any atom is -0.494 e. The second kappa shape index (κ2) is 17.2. The van der Waals surface area contributed by atoms with E-state index in [0.717, 1.165) is 30.0 Å². The van der Waals surface area contributed by atoms with Crippen LogP contribution < -0.4 is 14.6 Å². The molecule has 2 aromatic rings. The summed E-state index contributed by atoms with van der Waals surface area (Å²) >= 11 is 0. The number of nitrogens with one attached hydrogen (secondary N) is 1. The predicted molar refractivity (Wildman–Crippen MR) is 136 cm³/mol. The molecule has 33 heavy (non-hydrogen) atoms. The van der Waals surface area contributed by atoms with Gasteiger partial charge in [0, 0.05) is 12.1 Å². The van der Waals surface area contributed by atoms with E-state index in [1.165, 1.54) is 70.6 Å². The van der Waals surface area contributed by atoms with E-state index in [1.807, 2.05) is 60.3 Å². The lowest BCUT2D eigenvalue weighted by atomic mass is 10.1. The Kier molecular flexibility index (Phi) is 14.0. The van der Waals surface area contributed by atoms with Crippen molar-refractivity contribution in [1.82, 2.24) is 5.32 Å². The van der Waals surface area contributed by atoms with Crippen LogP contribution in [-0.2, 0) is 24.8 Å². The van der Waals surface area contributed by atoms with E-state index in [-0.39, 0.29) is 5.91 Å². The molecule has 182 valence electrons. The van der Waals surface area contributed by atoms with Gasteiger partial charge < -0.3 is 10.1 Å². The Morgan fingerprint density at radius 3 is 2.03 bits per heavy atom. The number of nitrogens with zero attached hydrogens (tertiary/aromatic N) is 1. The van der Waals surface area contributed by atoms with Crippen LogP contribution in [0.2, 0.25) is 0 Å². The second-order valence-electron chi connectivity index (χ2n) is 9.14. The lowest BCUT2D eigenvalue weighted by Crippen LogP contribution is -2.37. The molecule has 0 atom stereocenters. The van der Waals surface area contributed by atoms with Crippen LogP contribution in [0.3, 0.4) is 0 Å². The zero-order valence-corrected chi connectivity index (χ0v) is 21.0. The summed E-state index contributed by atoms with van der Waals surface area (Å²) in [4.78, 5) is 12.2. The molecule has 0 aliphatic carbocycles. The standard InChI is InChI=1S/C29H44N2O2/c1-3-4-5-6-7-8-9-10-11-12-13-16-23-33-28-20-18-26(19-21-28)24-29(32)30-25-27-17-14-15-22-31(27)2/h14-15,17-22H,3-13,16,23-25H2,1-2H3/p+1. The molecule has 0 saturated carbocycles. The maximum Gasteiger partial charge on any atom is 0.224 e. The molecule has 0 fully saturated rings. The first-order chi connectivity index (χ1) is 16.2. The van der Waals surface area contributed by atoms with Crippen molar-refractivity contribution in [3.05, 3.63) is 59.9 Å². The number of hydrogen-bond donors (Lipinski definition) is 1. The Hall–Kier alpha value is -2.36. The number of ether oxygens (including phenoxy) is 1. The largest absolute Gasteiger partial charge is 0.494 e. The summed E-state index contributed by atoms with van der Waals surface area (Å²) in [5.74, 6) is 0.919. The number of aryl methyl sites for hydroxylation is 1. The monoisotopic (exact) mass is 453 g/mol. The third-order valence-corrected chi connectivity index (χ3v) is 6.18. The molecule has 1 aromatic carbocycles. The van der Waals surface area contributed by atoms with Gasteiger partial charge in [0.15, 0.2) is 11.9 Å². The number of aromatic nitrogens is 1. The van der Waals surface area contributed by atoms with Crippen LogP contribution in [0.15, 0.2) is 48.7 Å². The van der Waals surface area contributed by atoms with Gasteiger partial charge in [-0.15, -0.1) is 0 Å². The van der Waals surface area contributed by atoms with Gasteiger partial charge in [-0.1, -0.05) is 95.8 Å². The van der Waals surface area contributed by atoms with Crippen LogP contribution in [0.25, 0.3) is 0 Å². The SMILES string of the molecule is CCCCCCCCCCCCCCOc1ccc(CC(=O)NCc2cccc[n+]2C)cc1. The van der Waals surface area contributed by atoms with Crippen LogP contribution in [0.1, 0.15) is 95.2 Å². The van der Waals surface area contributed by atoms with Crippen LogP contribution in [0.4, 0.5) is 0 Å². The van der Waals surface area contributed by atoms with Gasteiger partial charge in [-0.25, -0.2) is 4.57 Å². The maximum atomic E-state index is 12.2. The number of hydrogen-bond acceptors (Lipinski definition) is 2. The third-order valence-electron chi connectivity index (χ3n) is 6.18. The average Bonchev–Trinajstić information content (AvgIpc) is 2.82. The molecule has 1 N–H and O–H groups in total. The summed E-state index contributed by atoms with van der Waals surface area (Å²) < 4.78 is 7.89. The smallest absolute Gasteiger partial charge is 0.224 e. The van der Waals surface area contributed by atoms with Gasteiger partial charge in [-0.05, 0) is 24.1 Å². The van der Waals surface area contributed by atoms with Crippen molar-refractivity contribution in [3.8, 4) is 5.75 Å². The number of rotatable bonds is 18. The molecule has 0 aliphatic heterocycles. The lowest BCUT2D eigenvalue weighted by molar-refractivity contribution is -0.679. The molecule has 0 aliphatic rings. The highest BCUT2D eigenvalue weighted by Crippen LogP contribution is 2.15. The van der Waals surface area contributed by atoms with Gasteiger partial charge in [0.1, 0.15) is 19.3 Å². The maximum absolute atomic E-state index is 12.2. The van der Waals surface area contributed by atoms with Crippen LogP contribution in [-0.4, -0.2) is 12.5 Å². The van der Waals surface area contributed by atoms with Crippen LogP contribution >= 0.6 is 0 Å². The molecule has 4 nitrogen and oxygen atoms in total. The van der Waals surface area contributed by atoms with Crippen molar-refractivity contribution in [2.45, 2.75) is 96.9 Å². The van der Waals surface area contributed by atoms with E-state index in [0.29, 0.717) is 13.0 Å². The quantitative estimate of drug-likeness (QED) is 0.208. The number of benzene rings is 1. The van der Waals surface area contributed by atoms with E-state index in [4.69, 9.17) is 4.74 Å². The summed E-state index contributed by atoms with van der Waals surface area (Å²) in [5, 5.41) is 2.99. The van der Waals surface area contributed by atoms with E-state index in [9.17, 15) is 4.79 Å². The fraction of sp³-hybridized carbons (Fsp3) is 0.586. The van der Waals surface area contributed by atoms with Crippen molar-refractivity contribution in [1.29, 1.82) is 0 Å². The van der Waals surface area contributed by atoms with E-state index < -0.39 is 0 Å². The van der Waals surface area contributed by atoms with Gasteiger partial charge in [0.05, 0.1) is 13.0 Å². The van der Waals surface area contributed by atoms with Gasteiger partial charge in [-0.3, -0.25) is 4.79 Å². The average molecular weight is 454 g/mol. The Balaban J connectivity index is 1.48. The van der Waals surface area contributed by atoms with Crippen molar-refractivity contribution in [2.75, 3.05) is 6.61 Å². The number of amides is 1. The molecule has 0 saturated heterocycles. The molecule has 1 amide bonds. The van der Waals surface area contributed by atoms with Crippen molar-refractivity contribution in [2.24, 2.45) is 7.05 Å². The minimum absolute atomic E-state index is 0.0315. The molecule has 1 heterocycles. The first-order valence-corrected chi connectivity index (χ1v) is 13.1. The van der Waals surface area contributed by atoms with Crippen molar-refractivity contribution < 1.29 is 14.1 Å². The summed E-state index contributed by atoms with van der Waals surface area (Å²) in [5.41, 5.74) is 2.08. The summed E-state index contributed by atoms with van der Waals surface area (Å²) in [6, 6.07) is 13.9. The van der Waals surface area contributed by atoms with Gasteiger partial charge in [0.25, 0.3) is 0 Å². The van der Waals surface area contributed by atoms with Crippen LogP contribution in [0.5, 0.6) is 5.75 Å². The molecular weight excluding hydrogens is 408 g/mol. The highest BCUT2D eigenvalue weighted by atomic mass is 16.5. The second-order valence-corrected chi connectivity index (χ2v) is 9.14. The summed E-state index contributed by atoms with van der Waals surface area (Å²) in [7, 11) is 1.98. The first-order valence-electron chi connectivity index (χ1n) is 13.1. The van der Waals surface area contributed by atoms with Gasteiger partial charge in [-0.2, -0.15) is 0 Å². The molecule has 4 heteroatoms.